The smallest absolute Gasteiger partial charge is 0.0640 e. The second-order valence-electron chi connectivity index (χ2n) is 3.45. The molecule has 2 aromatic rings. The molecule has 0 spiro atoms. The maximum absolute atomic E-state index is 8.55. The van der Waals surface area contributed by atoms with Crippen LogP contribution in [-0.4, -0.2) is 13.6 Å². The lowest BCUT2D eigenvalue weighted by Crippen LogP contribution is -2.17. The SMILES string of the molecule is CN(CCC#N)c1csc2ccccc12. The number of hydrogen-bond donors (Lipinski definition) is 0. The van der Waals surface area contributed by atoms with Crippen molar-refractivity contribution in [2.45, 2.75) is 6.42 Å². The molecule has 0 atom stereocenters. The summed E-state index contributed by atoms with van der Waals surface area (Å²) in [6, 6.07) is 10.5. The highest BCUT2D eigenvalue weighted by Crippen LogP contribution is 2.31. The van der Waals surface area contributed by atoms with Gasteiger partial charge in [0, 0.05) is 29.1 Å². The average Bonchev–Trinajstić information content (AvgIpc) is 2.69. The molecule has 1 aromatic heterocycles. The third-order valence-electron chi connectivity index (χ3n) is 2.43. The van der Waals surface area contributed by atoms with Crippen LogP contribution in [0.5, 0.6) is 0 Å². The van der Waals surface area contributed by atoms with Crippen LogP contribution in [-0.2, 0) is 0 Å². The Hall–Kier alpha value is -1.53. The van der Waals surface area contributed by atoms with Crippen LogP contribution in [0.15, 0.2) is 29.6 Å². The molecule has 0 amide bonds. The molecule has 0 bridgehead atoms. The van der Waals surface area contributed by atoms with Crippen molar-refractivity contribution in [1.29, 1.82) is 5.26 Å². The predicted molar refractivity (Wildman–Crippen MR) is 65.3 cm³/mol. The van der Waals surface area contributed by atoms with Gasteiger partial charge in [0.1, 0.15) is 0 Å². The van der Waals surface area contributed by atoms with Gasteiger partial charge in [0.25, 0.3) is 0 Å². The van der Waals surface area contributed by atoms with Crippen LogP contribution < -0.4 is 4.90 Å². The lowest BCUT2D eigenvalue weighted by Gasteiger charge is -2.16. The third kappa shape index (κ3) is 1.95. The van der Waals surface area contributed by atoms with E-state index in [1.807, 2.05) is 7.05 Å². The molecule has 2 rings (SSSR count). The van der Waals surface area contributed by atoms with Crippen LogP contribution in [0.2, 0.25) is 0 Å². The van der Waals surface area contributed by atoms with Crippen LogP contribution >= 0.6 is 11.3 Å². The minimum atomic E-state index is 0.570. The Morgan fingerprint density at radius 3 is 3.00 bits per heavy atom. The maximum Gasteiger partial charge on any atom is 0.0640 e. The van der Waals surface area contributed by atoms with Gasteiger partial charge in [0.15, 0.2) is 0 Å². The van der Waals surface area contributed by atoms with Gasteiger partial charge in [-0.1, -0.05) is 18.2 Å². The molecule has 0 radical (unpaired) electrons. The minimum absolute atomic E-state index is 0.570. The van der Waals surface area contributed by atoms with E-state index < -0.39 is 0 Å². The van der Waals surface area contributed by atoms with Crippen LogP contribution in [0.1, 0.15) is 6.42 Å². The van der Waals surface area contributed by atoms with Gasteiger partial charge in [-0.3, -0.25) is 0 Å². The van der Waals surface area contributed by atoms with Gasteiger partial charge in [0.05, 0.1) is 18.2 Å². The van der Waals surface area contributed by atoms with Crippen molar-refractivity contribution < 1.29 is 0 Å². The number of hydrogen-bond acceptors (Lipinski definition) is 3. The number of thiophene rings is 1. The first-order chi connectivity index (χ1) is 7.33. The Bertz CT molecular complexity index is 496. The fraction of sp³-hybridized carbons (Fsp3) is 0.250. The highest BCUT2D eigenvalue weighted by molar-refractivity contribution is 7.17. The van der Waals surface area contributed by atoms with Gasteiger partial charge >= 0.3 is 0 Å². The fourth-order valence-corrected chi connectivity index (χ4v) is 2.60. The Labute approximate surface area is 93.4 Å². The predicted octanol–water partition coefficient (Wildman–Crippen LogP) is 3.25. The van der Waals surface area contributed by atoms with Gasteiger partial charge < -0.3 is 4.90 Å². The Balaban J connectivity index is 2.32. The summed E-state index contributed by atoms with van der Waals surface area (Å²) in [7, 11) is 2.03. The van der Waals surface area contributed by atoms with E-state index in [1.165, 1.54) is 15.8 Å². The van der Waals surface area contributed by atoms with E-state index in [-0.39, 0.29) is 0 Å². The molecule has 0 saturated heterocycles. The number of anilines is 1. The third-order valence-corrected chi connectivity index (χ3v) is 3.38. The van der Waals surface area contributed by atoms with Crippen molar-refractivity contribution in [3.63, 3.8) is 0 Å². The van der Waals surface area contributed by atoms with Crippen LogP contribution in [0.25, 0.3) is 10.1 Å². The number of nitriles is 1. The lowest BCUT2D eigenvalue weighted by atomic mass is 10.2. The van der Waals surface area contributed by atoms with Crippen molar-refractivity contribution in [2.24, 2.45) is 0 Å². The summed E-state index contributed by atoms with van der Waals surface area (Å²) in [5.74, 6) is 0. The zero-order valence-corrected chi connectivity index (χ0v) is 9.42. The van der Waals surface area contributed by atoms with Gasteiger partial charge in [-0.2, -0.15) is 5.26 Å². The van der Waals surface area contributed by atoms with Crippen molar-refractivity contribution in [2.75, 3.05) is 18.5 Å². The molecule has 1 aromatic carbocycles. The number of nitrogens with zero attached hydrogens (tertiary/aromatic N) is 2. The summed E-state index contributed by atoms with van der Waals surface area (Å²) >= 11 is 1.75. The molecule has 0 aliphatic carbocycles. The van der Waals surface area contributed by atoms with Crippen LogP contribution in [0.4, 0.5) is 5.69 Å². The van der Waals surface area contributed by atoms with E-state index in [0.29, 0.717) is 6.42 Å². The number of benzene rings is 1. The summed E-state index contributed by atoms with van der Waals surface area (Å²) in [5.41, 5.74) is 1.23. The van der Waals surface area contributed by atoms with E-state index in [2.05, 4.69) is 40.6 Å². The van der Waals surface area contributed by atoms with Gasteiger partial charge in [0.2, 0.25) is 0 Å². The Morgan fingerprint density at radius 2 is 2.20 bits per heavy atom. The molecule has 0 fully saturated rings. The zero-order valence-electron chi connectivity index (χ0n) is 8.60. The number of rotatable bonds is 3. The molecule has 15 heavy (non-hydrogen) atoms. The normalized spacial score (nSPS) is 10.1. The average molecular weight is 216 g/mol. The quantitative estimate of drug-likeness (QED) is 0.787. The zero-order chi connectivity index (χ0) is 10.7. The Morgan fingerprint density at radius 1 is 1.40 bits per heavy atom. The first-order valence-electron chi connectivity index (χ1n) is 4.87. The van der Waals surface area contributed by atoms with Gasteiger partial charge in [-0.05, 0) is 6.07 Å². The van der Waals surface area contributed by atoms with Crippen molar-refractivity contribution in [1.82, 2.24) is 0 Å². The Kier molecular flexibility index (Phi) is 2.89. The van der Waals surface area contributed by atoms with Crippen molar-refractivity contribution >= 4 is 27.1 Å². The molecule has 0 N–H and O–H groups in total. The second-order valence-corrected chi connectivity index (χ2v) is 4.36. The van der Waals surface area contributed by atoms with Crippen molar-refractivity contribution in [3.05, 3.63) is 29.6 Å². The van der Waals surface area contributed by atoms with E-state index in [0.717, 1.165) is 6.54 Å². The molecule has 0 aliphatic rings. The van der Waals surface area contributed by atoms with Crippen LogP contribution in [0, 0.1) is 11.3 Å². The van der Waals surface area contributed by atoms with Crippen LogP contribution in [0.3, 0.4) is 0 Å². The molecule has 0 unspecified atom stereocenters. The maximum atomic E-state index is 8.55. The topological polar surface area (TPSA) is 27.0 Å². The molecular formula is C12H12N2S. The summed E-state index contributed by atoms with van der Waals surface area (Å²) in [6.45, 7) is 0.789. The molecule has 3 heteroatoms. The fourth-order valence-electron chi connectivity index (χ4n) is 1.60. The van der Waals surface area contributed by atoms with Gasteiger partial charge in [-0.25, -0.2) is 0 Å². The van der Waals surface area contributed by atoms with Crippen molar-refractivity contribution in [3.8, 4) is 6.07 Å². The van der Waals surface area contributed by atoms with E-state index in [4.69, 9.17) is 5.26 Å². The summed E-state index contributed by atoms with van der Waals surface area (Å²) in [5, 5.41) is 12.0. The van der Waals surface area contributed by atoms with E-state index in [1.54, 1.807) is 11.3 Å². The van der Waals surface area contributed by atoms with E-state index >= 15 is 0 Å². The molecule has 76 valence electrons. The summed E-state index contributed by atoms with van der Waals surface area (Å²) in [4.78, 5) is 2.14. The van der Waals surface area contributed by atoms with Gasteiger partial charge in [-0.15, -0.1) is 11.3 Å². The minimum Gasteiger partial charge on any atom is -0.372 e. The molecule has 0 aliphatic heterocycles. The molecule has 2 nitrogen and oxygen atoms in total. The van der Waals surface area contributed by atoms with E-state index in [9.17, 15) is 0 Å². The summed E-state index contributed by atoms with van der Waals surface area (Å²) < 4.78 is 1.30. The number of fused-ring (bicyclic) bond motifs is 1. The largest absolute Gasteiger partial charge is 0.372 e. The monoisotopic (exact) mass is 216 g/mol. The highest BCUT2D eigenvalue weighted by atomic mass is 32.1. The molecule has 1 heterocycles. The lowest BCUT2D eigenvalue weighted by molar-refractivity contribution is 0.911. The highest BCUT2D eigenvalue weighted by Gasteiger charge is 2.06. The first kappa shape index (κ1) is 10.0. The molecular weight excluding hydrogens is 204 g/mol. The summed E-state index contributed by atoms with van der Waals surface area (Å²) in [6.07, 6.45) is 0.570. The standard InChI is InChI=1S/C12H12N2S/c1-14(8-4-7-13)11-9-15-12-6-3-2-5-10(11)12/h2-3,5-6,9H,4,8H2,1H3. The first-order valence-corrected chi connectivity index (χ1v) is 5.75. The molecule has 0 saturated carbocycles. The second kappa shape index (κ2) is 4.33.